The van der Waals surface area contributed by atoms with Crippen LogP contribution >= 0.6 is 27.5 Å². The first-order chi connectivity index (χ1) is 10.9. The minimum Gasteiger partial charge on any atom is -0.296 e. The van der Waals surface area contributed by atoms with Crippen LogP contribution in [0, 0.1) is 5.82 Å². The van der Waals surface area contributed by atoms with Crippen LogP contribution in [0.3, 0.4) is 0 Å². The summed E-state index contributed by atoms with van der Waals surface area (Å²) in [5, 5.41) is -0.0105. The number of hydrogen-bond acceptors (Lipinski definition) is 2. The van der Waals surface area contributed by atoms with Crippen LogP contribution in [-0.4, -0.2) is 9.13 Å². The first kappa shape index (κ1) is 16.0. The summed E-state index contributed by atoms with van der Waals surface area (Å²) in [6, 6.07) is 9.62. The first-order valence-electron chi connectivity index (χ1n) is 6.71. The highest BCUT2D eigenvalue weighted by molar-refractivity contribution is 9.10. The van der Waals surface area contributed by atoms with Crippen molar-refractivity contribution in [1.82, 2.24) is 9.13 Å². The molecule has 0 aliphatic heterocycles. The van der Waals surface area contributed by atoms with E-state index in [0.29, 0.717) is 5.52 Å². The monoisotopic (exact) mass is 396 g/mol. The van der Waals surface area contributed by atoms with Gasteiger partial charge in [-0.2, -0.15) is 0 Å². The molecule has 3 rings (SSSR count). The molecule has 0 radical (unpaired) electrons. The van der Waals surface area contributed by atoms with Crippen molar-refractivity contribution < 1.29 is 4.39 Å². The summed E-state index contributed by atoms with van der Waals surface area (Å²) in [5.74, 6) is -0.690. The van der Waals surface area contributed by atoms with Crippen molar-refractivity contribution in [2.75, 3.05) is 0 Å². The molecule has 0 saturated heterocycles. The first-order valence-corrected chi connectivity index (χ1v) is 7.88. The Balaban J connectivity index is 2.25. The molecule has 1 aromatic heterocycles. The maximum atomic E-state index is 13.7. The van der Waals surface area contributed by atoms with Crippen molar-refractivity contribution in [2.24, 2.45) is 7.05 Å². The van der Waals surface area contributed by atoms with Crippen LogP contribution in [-0.2, 0) is 13.6 Å². The van der Waals surface area contributed by atoms with Gasteiger partial charge in [-0.15, -0.1) is 0 Å². The van der Waals surface area contributed by atoms with Gasteiger partial charge in [-0.1, -0.05) is 39.7 Å². The van der Waals surface area contributed by atoms with Gasteiger partial charge in [0, 0.05) is 11.5 Å². The van der Waals surface area contributed by atoms with Crippen molar-refractivity contribution in [3.05, 3.63) is 78.1 Å². The minimum absolute atomic E-state index is 0.110. The Labute approximate surface area is 143 Å². The fourth-order valence-electron chi connectivity index (χ4n) is 2.41. The van der Waals surface area contributed by atoms with Gasteiger partial charge >= 0.3 is 5.69 Å². The van der Waals surface area contributed by atoms with Gasteiger partial charge < -0.3 is 0 Å². The third-order valence-corrected chi connectivity index (χ3v) is 4.47. The van der Waals surface area contributed by atoms with E-state index in [1.54, 1.807) is 0 Å². The number of rotatable bonds is 2. The molecule has 3 aromatic rings. The Morgan fingerprint density at radius 2 is 1.83 bits per heavy atom. The van der Waals surface area contributed by atoms with Crippen LogP contribution in [0.5, 0.6) is 0 Å². The molecule has 4 nitrogen and oxygen atoms in total. The number of hydrogen-bond donors (Lipinski definition) is 0. The lowest BCUT2D eigenvalue weighted by Gasteiger charge is -2.11. The standard InChI is InChI=1S/C16H11BrClFN2O2/c1-20-14-7-12(18)13(19)6-11(14)15(22)21(16(20)23)8-9-2-4-10(17)5-3-9/h2-7H,8H2,1H3. The quantitative estimate of drug-likeness (QED) is 0.666. The molecule has 0 aliphatic carbocycles. The Morgan fingerprint density at radius 1 is 1.17 bits per heavy atom. The molecule has 0 saturated carbocycles. The van der Waals surface area contributed by atoms with Gasteiger partial charge in [0.1, 0.15) is 5.82 Å². The zero-order valence-electron chi connectivity index (χ0n) is 12.0. The highest BCUT2D eigenvalue weighted by Crippen LogP contribution is 2.19. The van der Waals surface area contributed by atoms with Crippen molar-refractivity contribution in [2.45, 2.75) is 6.54 Å². The van der Waals surface area contributed by atoms with Crippen molar-refractivity contribution in [3.63, 3.8) is 0 Å². The number of aromatic nitrogens is 2. The summed E-state index contributed by atoms with van der Waals surface area (Å²) in [7, 11) is 1.52. The van der Waals surface area contributed by atoms with Crippen molar-refractivity contribution in [1.29, 1.82) is 0 Å². The molecule has 1 heterocycles. The average Bonchev–Trinajstić information content (AvgIpc) is 2.53. The highest BCUT2D eigenvalue weighted by Gasteiger charge is 2.14. The summed E-state index contributed by atoms with van der Waals surface area (Å²) in [6.45, 7) is 0.110. The molecule has 0 fully saturated rings. The van der Waals surface area contributed by atoms with Crippen LogP contribution in [0.25, 0.3) is 10.9 Å². The maximum absolute atomic E-state index is 13.7. The van der Waals surface area contributed by atoms with E-state index >= 15 is 0 Å². The third-order valence-electron chi connectivity index (χ3n) is 3.65. The third kappa shape index (κ3) is 2.84. The topological polar surface area (TPSA) is 44.0 Å². The molecule has 0 N–H and O–H groups in total. The zero-order chi connectivity index (χ0) is 16.7. The molecular formula is C16H11BrClFN2O2. The molecular weight excluding hydrogens is 387 g/mol. The number of halogens is 3. The Morgan fingerprint density at radius 3 is 2.48 bits per heavy atom. The average molecular weight is 398 g/mol. The summed E-state index contributed by atoms with van der Waals surface area (Å²) >= 11 is 9.08. The minimum atomic E-state index is -0.690. The van der Waals surface area contributed by atoms with Gasteiger partial charge in [0.15, 0.2) is 0 Å². The lowest BCUT2D eigenvalue weighted by molar-refractivity contribution is 0.626. The molecule has 0 unspecified atom stereocenters. The van der Waals surface area contributed by atoms with Crippen LogP contribution < -0.4 is 11.2 Å². The van der Waals surface area contributed by atoms with E-state index in [9.17, 15) is 14.0 Å². The van der Waals surface area contributed by atoms with Crippen LogP contribution in [0.15, 0.2) is 50.5 Å². The van der Waals surface area contributed by atoms with E-state index < -0.39 is 17.1 Å². The molecule has 23 heavy (non-hydrogen) atoms. The summed E-state index contributed by atoms with van der Waals surface area (Å²) in [4.78, 5) is 25.0. The molecule has 0 bridgehead atoms. The molecule has 0 atom stereocenters. The Hall–Kier alpha value is -1.92. The summed E-state index contributed by atoms with van der Waals surface area (Å²) in [5.41, 5.74) is 0.0781. The van der Waals surface area contributed by atoms with Gasteiger partial charge in [-0.05, 0) is 29.8 Å². The molecule has 0 aliphatic rings. The van der Waals surface area contributed by atoms with E-state index in [0.717, 1.165) is 20.7 Å². The lowest BCUT2D eigenvalue weighted by Crippen LogP contribution is -2.39. The summed E-state index contributed by atoms with van der Waals surface area (Å²) in [6.07, 6.45) is 0. The largest absolute Gasteiger partial charge is 0.331 e. The second-order valence-electron chi connectivity index (χ2n) is 5.14. The molecule has 0 amide bonds. The number of fused-ring (bicyclic) bond motifs is 1. The van der Waals surface area contributed by atoms with Gasteiger partial charge in [0.2, 0.25) is 0 Å². The molecule has 0 spiro atoms. The second-order valence-corrected chi connectivity index (χ2v) is 6.47. The normalized spacial score (nSPS) is 11.1. The van der Waals surface area contributed by atoms with E-state index in [1.165, 1.54) is 17.7 Å². The fraction of sp³-hybridized carbons (Fsp3) is 0.125. The van der Waals surface area contributed by atoms with Crippen molar-refractivity contribution >= 4 is 38.4 Å². The smallest absolute Gasteiger partial charge is 0.296 e. The van der Waals surface area contributed by atoms with Gasteiger partial charge in [-0.25, -0.2) is 9.18 Å². The van der Waals surface area contributed by atoms with E-state index in [2.05, 4.69) is 15.9 Å². The van der Waals surface area contributed by atoms with Gasteiger partial charge in [0.25, 0.3) is 5.56 Å². The summed E-state index contributed by atoms with van der Waals surface area (Å²) < 4.78 is 17.0. The van der Waals surface area contributed by atoms with Crippen LogP contribution in [0.1, 0.15) is 5.56 Å². The zero-order valence-corrected chi connectivity index (χ0v) is 14.4. The van der Waals surface area contributed by atoms with Crippen LogP contribution in [0.4, 0.5) is 4.39 Å². The number of benzene rings is 2. The molecule has 2 aromatic carbocycles. The lowest BCUT2D eigenvalue weighted by atomic mass is 10.2. The maximum Gasteiger partial charge on any atom is 0.331 e. The van der Waals surface area contributed by atoms with Crippen molar-refractivity contribution in [3.8, 4) is 0 Å². The van der Waals surface area contributed by atoms with Gasteiger partial charge in [0.05, 0.1) is 22.5 Å². The van der Waals surface area contributed by atoms with Crippen LogP contribution in [0.2, 0.25) is 5.02 Å². The SMILES string of the molecule is Cn1c(=O)n(Cc2ccc(Br)cc2)c(=O)c2cc(F)c(Cl)cc21. The molecule has 7 heteroatoms. The molecule has 118 valence electrons. The number of aryl methyl sites for hydroxylation is 1. The fourth-order valence-corrected chi connectivity index (χ4v) is 2.84. The Bertz CT molecular complexity index is 1030. The van der Waals surface area contributed by atoms with E-state index in [-0.39, 0.29) is 17.0 Å². The second kappa shape index (κ2) is 5.94. The predicted octanol–water partition coefficient (Wildman–Crippen LogP) is 3.30. The predicted molar refractivity (Wildman–Crippen MR) is 91.7 cm³/mol. The highest BCUT2D eigenvalue weighted by atomic mass is 79.9. The Kier molecular flexibility index (Phi) is 4.12. The van der Waals surface area contributed by atoms with E-state index in [4.69, 9.17) is 11.6 Å². The van der Waals surface area contributed by atoms with Gasteiger partial charge in [-0.3, -0.25) is 13.9 Å². The number of nitrogens with zero attached hydrogens (tertiary/aromatic N) is 2. The van der Waals surface area contributed by atoms with E-state index in [1.807, 2.05) is 24.3 Å².